The molecule has 12 nitrogen and oxygen atoms in total. The van der Waals surface area contributed by atoms with Crippen molar-refractivity contribution in [1.82, 2.24) is 19.8 Å². The number of rotatable bonds is 5. The van der Waals surface area contributed by atoms with E-state index in [9.17, 15) is 27.9 Å². The molecule has 2 amide bonds. The number of ether oxygens (including phenoxy) is 3. The van der Waals surface area contributed by atoms with Gasteiger partial charge in [-0.15, -0.1) is 13.2 Å². The number of aromatic nitrogens is 2. The van der Waals surface area contributed by atoms with Crippen molar-refractivity contribution in [3.8, 4) is 23.6 Å². The molecule has 0 atom stereocenters. The molecule has 2 aromatic rings. The van der Waals surface area contributed by atoms with Gasteiger partial charge in [-0.05, 0) is 37.5 Å². The maximum Gasteiger partial charge on any atom is 0.522 e. The molecule has 2 fully saturated rings. The molecule has 268 valence electrons. The van der Waals surface area contributed by atoms with Crippen LogP contribution in [-0.2, 0) is 27.4 Å². The van der Waals surface area contributed by atoms with Gasteiger partial charge in [-0.2, -0.15) is 10.5 Å². The van der Waals surface area contributed by atoms with Crippen molar-refractivity contribution in [3.05, 3.63) is 47.0 Å². The lowest BCUT2D eigenvalue weighted by atomic mass is 9.65. The summed E-state index contributed by atoms with van der Waals surface area (Å²) in [6.45, 7) is 9.45. The summed E-state index contributed by atoms with van der Waals surface area (Å²) < 4.78 is 52.3. The molecule has 2 aromatic heterocycles. The summed E-state index contributed by atoms with van der Waals surface area (Å²) in [5, 5.41) is 27.8. The molecule has 2 aliphatic heterocycles. The number of pyridine rings is 2. The molecule has 0 unspecified atom stereocenters. The maximum absolute atomic E-state index is 13.1. The number of hydrogen-bond donors (Lipinski definition) is 1. The summed E-state index contributed by atoms with van der Waals surface area (Å²) in [7, 11) is 0. The van der Waals surface area contributed by atoms with Gasteiger partial charge in [0.25, 0.3) is 0 Å². The van der Waals surface area contributed by atoms with E-state index in [4.69, 9.17) is 20.0 Å². The zero-order valence-electron chi connectivity index (χ0n) is 28.5. The largest absolute Gasteiger partial charge is 0.522 e. The first-order valence-corrected chi connectivity index (χ1v) is 16.6. The first-order chi connectivity index (χ1) is 23.5. The first-order valence-electron chi connectivity index (χ1n) is 16.6. The average Bonchev–Trinajstić information content (AvgIpc) is 3.40. The maximum atomic E-state index is 13.1. The van der Waals surface area contributed by atoms with Crippen molar-refractivity contribution in [2.75, 3.05) is 26.3 Å². The highest BCUT2D eigenvalue weighted by molar-refractivity contribution is 5.83. The lowest BCUT2D eigenvalue weighted by molar-refractivity contribution is -0.356. The number of aliphatic hydroxyl groups excluding tert-OH is 1. The van der Waals surface area contributed by atoms with Crippen molar-refractivity contribution < 1.29 is 42.1 Å². The number of nitriles is 2. The normalized spacial score (nSPS) is 23.2. The summed E-state index contributed by atoms with van der Waals surface area (Å²) in [5.41, 5.74) is 0.785. The Kier molecular flexibility index (Phi) is 10.6. The molecule has 1 N–H and O–H groups in total. The Morgan fingerprint density at radius 2 is 1.22 bits per heavy atom. The number of hydrogen-bond acceptors (Lipinski definition) is 10. The van der Waals surface area contributed by atoms with Gasteiger partial charge in [0.2, 0.25) is 11.8 Å². The SMILES string of the molecule is CC(C)(C(=O)N1CCOc2c(C#N)cncc2C1)C1CC(O)C1.CC(C)(C(=O)N1CCOc2c(C#N)cncc2C1)C1CC(OC(F)(F)F)C1. The predicted molar refractivity (Wildman–Crippen MR) is 170 cm³/mol. The van der Waals surface area contributed by atoms with Crippen molar-refractivity contribution in [3.63, 3.8) is 0 Å². The van der Waals surface area contributed by atoms with E-state index in [1.54, 1.807) is 36.0 Å². The van der Waals surface area contributed by atoms with Crippen molar-refractivity contribution in [1.29, 1.82) is 10.5 Å². The van der Waals surface area contributed by atoms with Crippen LogP contribution in [0, 0.1) is 45.3 Å². The number of alkyl halides is 3. The molecule has 0 bridgehead atoms. The zero-order valence-corrected chi connectivity index (χ0v) is 28.5. The van der Waals surface area contributed by atoms with E-state index in [2.05, 4.69) is 20.8 Å². The molecule has 0 radical (unpaired) electrons. The van der Waals surface area contributed by atoms with E-state index < -0.39 is 23.3 Å². The highest BCUT2D eigenvalue weighted by Gasteiger charge is 2.50. The van der Waals surface area contributed by atoms with Crippen molar-refractivity contribution in [2.45, 2.75) is 85.0 Å². The zero-order chi connectivity index (χ0) is 36.4. The van der Waals surface area contributed by atoms with Crippen LogP contribution in [0.4, 0.5) is 13.2 Å². The third-order valence-corrected chi connectivity index (χ3v) is 10.3. The second-order valence-corrected chi connectivity index (χ2v) is 14.3. The smallest absolute Gasteiger partial charge is 0.490 e. The number of fused-ring (bicyclic) bond motifs is 2. The van der Waals surface area contributed by atoms with Crippen LogP contribution >= 0.6 is 0 Å². The predicted octanol–water partition coefficient (Wildman–Crippen LogP) is 4.49. The summed E-state index contributed by atoms with van der Waals surface area (Å²) >= 11 is 0. The lowest BCUT2D eigenvalue weighted by Crippen LogP contribution is -2.51. The minimum Gasteiger partial charge on any atom is -0.490 e. The molecule has 50 heavy (non-hydrogen) atoms. The second-order valence-electron chi connectivity index (χ2n) is 14.3. The lowest BCUT2D eigenvalue weighted by Gasteiger charge is -2.45. The summed E-state index contributed by atoms with van der Waals surface area (Å²) in [6, 6.07) is 4.10. The second kappa shape index (κ2) is 14.4. The Labute approximate surface area is 288 Å². The van der Waals surface area contributed by atoms with Crippen LogP contribution in [0.25, 0.3) is 0 Å². The minimum atomic E-state index is -4.65. The standard InChI is InChI=1S/C18H20F3N3O3.C17H21N3O3/c1-17(2,13-5-14(6-13)27-18(19,20)21)16(25)24-3-4-26-15-11(7-22)8-23-9-12(15)10-24;1-17(2,13-5-14(21)6-13)16(22)20-3-4-23-15-11(7-18)8-19-9-12(15)10-20/h8-9,13-14H,3-6,10H2,1-2H3;8-9,13-14,21H,3-6,10H2,1-2H3. The van der Waals surface area contributed by atoms with Gasteiger partial charge >= 0.3 is 6.36 Å². The number of carbonyl (C=O) groups is 2. The summed E-state index contributed by atoms with van der Waals surface area (Å²) in [6.07, 6.45) is 2.04. The molecule has 4 heterocycles. The van der Waals surface area contributed by atoms with Gasteiger partial charge in [-0.1, -0.05) is 27.7 Å². The Bertz CT molecular complexity index is 1670. The quantitative estimate of drug-likeness (QED) is 0.471. The average molecular weight is 699 g/mol. The summed E-state index contributed by atoms with van der Waals surface area (Å²) in [4.78, 5) is 37.5. The van der Waals surface area contributed by atoms with Crippen LogP contribution in [0.1, 0.15) is 75.6 Å². The Morgan fingerprint density at radius 1 is 0.800 bits per heavy atom. The molecule has 15 heteroatoms. The van der Waals surface area contributed by atoms with Crippen LogP contribution in [0.15, 0.2) is 24.8 Å². The van der Waals surface area contributed by atoms with E-state index in [0.717, 1.165) is 5.56 Å². The molecule has 6 rings (SSSR count). The molecule has 0 aromatic carbocycles. The monoisotopic (exact) mass is 698 g/mol. The first kappa shape index (κ1) is 36.8. The number of amides is 2. The third-order valence-electron chi connectivity index (χ3n) is 10.3. The van der Waals surface area contributed by atoms with Gasteiger partial charge in [0.05, 0.1) is 38.4 Å². The fourth-order valence-electron chi connectivity index (χ4n) is 6.92. The topological polar surface area (TPSA) is 162 Å². The molecule has 4 aliphatic rings. The summed E-state index contributed by atoms with van der Waals surface area (Å²) in [5.74, 6) is 0.893. The molecule has 2 saturated carbocycles. The van der Waals surface area contributed by atoms with Gasteiger partial charge in [0.1, 0.15) is 48.0 Å². The third kappa shape index (κ3) is 7.79. The molecule has 0 saturated heterocycles. The minimum absolute atomic E-state index is 0.0632. The fourth-order valence-corrected chi connectivity index (χ4v) is 6.92. The van der Waals surface area contributed by atoms with Gasteiger partial charge in [-0.25, -0.2) is 0 Å². The van der Waals surface area contributed by atoms with Crippen LogP contribution < -0.4 is 9.47 Å². The highest BCUT2D eigenvalue weighted by Crippen LogP contribution is 2.46. The van der Waals surface area contributed by atoms with Crippen LogP contribution in [0.3, 0.4) is 0 Å². The van der Waals surface area contributed by atoms with Crippen molar-refractivity contribution >= 4 is 11.8 Å². The van der Waals surface area contributed by atoms with Crippen LogP contribution in [0.2, 0.25) is 0 Å². The van der Waals surface area contributed by atoms with E-state index in [-0.39, 0.29) is 55.7 Å². The van der Waals surface area contributed by atoms with Gasteiger partial charge in [0.15, 0.2) is 0 Å². The number of carbonyl (C=O) groups excluding carboxylic acids is 2. The number of aliphatic hydroxyl groups is 1. The van der Waals surface area contributed by atoms with Gasteiger partial charge in [0, 0.05) is 46.7 Å². The van der Waals surface area contributed by atoms with E-state index >= 15 is 0 Å². The fraction of sp³-hybridized carbons (Fsp3) is 0.600. The molecule has 0 spiro atoms. The van der Waals surface area contributed by atoms with Crippen LogP contribution in [0.5, 0.6) is 11.5 Å². The van der Waals surface area contributed by atoms with Crippen molar-refractivity contribution in [2.24, 2.45) is 22.7 Å². The number of nitrogens with zero attached hydrogens (tertiary/aromatic N) is 6. The molecular weight excluding hydrogens is 657 g/mol. The molecular formula is C35H41F3N6O6. The Morgan fingerprint density at radius 3 is 1.60 bits per heavy atom. The Hall–Kier alpha value is -4.47. The highest BCUT2D eigenvalue weighted by atomic mass is 19.4. The number of halogens is 3. The van der Waals surface area contributed by atoms with Gasteiger partial charge < -0.3 is 24.4 Å². The van der Waals surface area contributed by atoms with Gasteiger partial charge in [-0.3, -0.25) is 24.3 Å². The van der Waals surface area contributed by atoms with E-state index in [0.29, 0.717) is 67.3 Å². The molecule has 2 aliphatic carbocycles. The Balaban J connectivity index is 0.000000197. The van der Waals surface area contributed by atoms with Crippen LogP contribution in [-0.4, -0.2) is 81.6 Å². The van der Waals surface area contributed by atoms with E-state index in [1.165, 1.54) is 12.4 Å². The van der Waals surface area contributed by atoms with E-state index in [1.807, 2.05) is 19.9 Å².